The first-order valence-corrected chi connectivity index (χ1v) is 10.5. The number of amides is 2. The van der Waals surface area contributed by atoms with E-state index in [0.717, 1.165) is 31.5 Å². The Morgan fingerprint density at radius 1 is 1.11 bits per heavy atom. The lowest BCUT2D eigenvalue weighted by molar-refractivity contribution is -0.136. The van der Waals surface area contributed by atoms with Crippen molar-refractivity contribution in [3.63, 3.8) is 0 Å². The first-order chi connectivity index (χ1) is 13.1. The second kappa shape index (κ2) is 7.61. The van der Waals surface area contributed by atoms with Gasteiger partial charge in [-0.3, -0.25) is 14.6 Å². The van der Waals surface area contributed by atoms with E-state index < -0.39 is 0 Å². The van der Waals surface area contributed by atoms with Gasteiger partial charge in [-0.1, -0.05) is 25.3 Å². The van der Waals surface area contributed by atoms with Crippen LogP contribution in [-0.2, 0) is 9.59 Å². The van der Waals surface area contributed by atoms with Crippen molar-refractivity contribution in [1.82, 2.24) is 14.8 Å². The molecule has 1 spiro atoms. The number of aromatic nitrogens is 1. The largest absolute Gasteiger partial charge is 0.342 e. The van der Waals surface area contributed by atoms with E-state index >= 15 is 0 Å². The molecule has 146 valence electrons. The molecule has 3 fully saturated rings. The topological polar surface area (TPSA) is 53.5 Å². The molecule has 1 saturated carbocycles. The molecule has 1 aliphatic carbocycles. The molecule has 1 aromatic heterocycles. The van der Waals surface area contributed by atoms with Gasteiger partial charge in [0.1, 0.15) is 0 Å². The molecule has 1 aromatic rings. The van der Waals surface area contributed by atoms with Gasteiger partial charge in [0.25, 0.3) is 0 Å². The smallest absolute Gasteiger partial charge is 0.228 e. The Labute approximate surface area is 162 Å². The maximum Gasteiger partial charge on any atom is 0.228 e. The average Bonchev–Trinajstić information content (AvgIpc) is 2.86. The zero-order valence-electron chi connectivity index (χ0n) is 16.4. The molecule has 4 rings (SSSR count). The third-order valence-electron chi connectivity index (χ3n) is 7.20. The summed E-state index contributed by atoms with van der Waals surface area (Å²) in [6.45, 7) is 1.70. The summed E-state index contributed by atoms with van der Waals surface area (Å²) in [5.74, 6) is -0.0673. The van der Waals surface area contributed by atoms with Crippen LogP contribution >= 0.6 is 0 Å². The summed E-state index contributed by atoms with van der Waals surface area (Å²) >= 11 is 0. The molecule has 2 atom stereocenters. The van der Waals surface area contributed by atoms with Crippen LogP contribution in [-0.4, -0.2) is 46.7 Å². The molecule has 3 aliphatic rings. The van der Waals surface area contributed by atoms with Gasteiger partial charge in [0.15, 0.2) is 0 Å². The fourth-order valence-corrected chi connectivity index (χ4v) is 5.61. The quantitative estimate of drug-likeness (QED) is 0.801. The van der Waals surface area contributed by atoms with Crippen molar-refractivity contribution in [2.24, 2.45) is 11.3 Å². The van der Waals surface area contributed by atoms with E-state index in [9.17, 15) is 9.59 Å². The summed E-state index contributed by atoms with van der Waals surface area (Å²) in [6.07, 6.45) is 14.0. The van der Waals surface area contributed by atoms with Gasteiger partial charge in [-0.25, -0.2) is 0 Å². The first-order valence-electron chi connectivity index (χ1n) is 10.5. The third-order valence-corrected chi connectivity index (χ3v) is 7.20. The summed E-state index contributed by atoms with van der Waals surface area (Å²) in [4.78, 5) is 33.8. The Bertz CT molecular complexity index is 684. The van der Waals surface area contributed by atoms with Crippen LogP contribution in [0.4, 0.5) is 0 Å². The van der Waals surface area contributed by atoms with Gasteiger partial charge in [-0.2, -0.15) is 0 Å². The number of carbonyl (C=O) groups excluding carboxylic acids is 2. The highest BCUT2D eigenvalue weighted by molar-refractivity contribution is 5.90. The van der Waals surface area contributed by atoms with Gasteiger partial charge in [0, 0.05) is 39.0 Å². The van der Waals surface area contributed by atoms with Crippen molar-refractivity contribution in [3.8, 4) is 0 Å². The molecule has 5 heteroatoms. The Balaban J connectivity index is 1.50. The number of rotatable bonds is 2. The Morgan fingerprint density at radius 3 is 2.63 bits per heavy atom. The monoisotopic (exact) mass is 369 g/mol. The molecule has 2 aliphatic heterocycles. The van der Waals surface area contributed by atoms with Crippen LogP contribution in [0.25, 0.3) is 0 Å². The minimum atomic E-state index is -0.285. The standard InChI is InChI=1S/C22H31N3O2/c1-24-19(26)15-18(20(24)17-7-5-12-23-16-17)21(27)25-13-6-10-22(11-14-25)8-3-2-4-9-22/h5,7,12,16,18,20H,2-4,6,8-11,13-15H2,1H3/t18-,20+/m1/s1. The van der Waals surface area contributed by atoms with Crippen molar-refractivity contribution < 1.29 is 9.59 Å². The summed E-state index contributed by atoms with van der Waals surface area (Å²) in [6, 6.07) is 3.67. The zero-order chi connectivity index (χ0) is 18.9. The van der Waals surface area contributed by atoms with Gasteiger partial charge in [0.05, 0.1) is 12.0 Å². The number of pyridine rings is 1. The van der Waals surface area contributed by atoms with E-state index in [4.69, 9.17) is 0 Å². The molecule has 0 radical (unpaired) electrons. The predicted octanol–water partition coefficient (Wildman–Crippen LogP) is 3.56. The predicted molar refractivity (Wildman–Crippen MR) is 104 cm³/mol. The molecule has 0 bridgehead atoms. The molecule has 2 saturated heterocycles. The van der Waals surface area contributed by atoms with Crippen LogP contribution in [0.2, 0.25) is 0 Å². The van der Waals surface area contributed by atoms with Crippen LogP contribution in [0.3, 0.4) is 0 Å². The van der Waals surface area contributed by atoms with Gasteiger partial charge in [0.2, 0.25) is 11.8 Å². The number of hydrogen-bond acceptors (Lipinski definition) is 3. The fourth-order valence-electron chi connectivity index (χ4n) is 5.61. The minimum absolute atomic E-state index is 0.0563. The fraction of sp³-hybridized carbons (Fsp3) is 0.682. The van der Waals surface area contributed by atoms with Crippen molar-refractivity contribution in [2.45, 2.75) is 63.8 Å². The molecule has 0 N–H and O–H groups in total. The van der Waals surface area contributed by atoms with E-state index in [1.165, 1.54) is 38.5 Å². The lowest BCUT2D eigenvalue weighted by atomic mass is 9.69. The van der Waals surface area contributed by atoms with E-state index in [0.29, 0.717) is 11.8 Å². The van der Waals surface area contributed by atoms with E-state index in [1.54, 1.807) is 17.3 Å². The summed E-state index contributed by atoms with van der Waals surface area (Å²) in [7, 11) is 1.81. The lowest BCUT2D eigenvalue weighted by Crippen LogP contribution is -2.39. The second-order valence-electron chi connectivity index (χ2n) is 8.79. The van der Waals surface area contributed by atoms with Crippen molar-refractivity contribution in [3.05, 3.63) is 30.1 Å². The minimum Gasteiger partial charge on any atom is -0.342 e. The number of hydrogen-bond donors (Lipinski definition) is 0. The third kappa shape index (κ3) is 3.61. The van der Waals surface area contributed by atoms with Crippen LogP contribution in [0.1, 0.15) is 69.4 Å². The Kier molecular flexibility index (Phi) is 5.20. The number of likely N-dealkylation sites (tertiary alicyclic amines) is 2. The highest BCUT2D eigenvalue weighted by Gasteiger charge is 2.45. The second-order valence-corrected chi connectivity index (χ2v) is 8.79. The first kappa shape index (κ1) is 18.5. The molecule has 5 nitrogen and oxygen atoms in total. The van der Waals surface area contributed by atoms with E-state index in [1.807, 2.05) is 19.2 Å². The average molecular weight is 370 g/mol. The lowest BCUT2D eigenvalue weighted by Gasteiger charge is -2.36. The highest BCUT2D eigenvalue weighted by atomic mass is 16.2. The summed E-state index contributed by atoms with van der Waals surface area (Å²) in [5.41, 5.74) is 1.43. The zero-order valence-corrected chi connectivity index (χ0v) is 16.4. The molecule has 2 amide bonds. The number of nitrogens with zero attached hydrogens (tertiary/aromatic N) is 3. The number of carbonyl (C=O) groups is 2. The maximum atomic E-state index is 13.4. The molecule has 3 heterocycles. The SMILES string of the molecule is CN1C(=O)C[C@@H](C(=O)N2CCCC3(CCCCC3)CC2)[C@@H]1c1cccnc1. The molecular formula is C22H31N3O2. The molecule has 0 unspecified atom stereocenters. The summed E-state index contributed by atoms with van der Waals surface area (Å²) < 4.78 is 0. The van der Waals surface area contributed by atoms with Crippen LogP contribution in [0.15, 0.2) is 24.5 Å². The van der Waals surface area contributed by atoms with Gasteiger partial charge >= 0.3 is 0 Å². The molecule has 0 aromatic carbocycles. The van der Waals surface area contributed by atoms with Crippen molar-refractivity contribution in [1.29, 1.82) is 0 Å². The van der Waals surface area contributed by atoms with Gasteiger partial charge in [-0.05, 0) is 49.1 Å². The van der Waals surface area contributed by atoms with Crippen molar-refractivity contribution in [2.75, 3.05) is 20.1 Å². The molecular weight excluding hydrogens is 338 g/mol. The highest BCUT2D eigenvalue weighted by Crippen LogP contribution is 2.45. The van der Waals surface area contributed by atoms with E-state index in [2.05, 4.69) is 9.88 Å². The Hall–Kier alpha value is -1.91. The maximum absolute atomic E-state index is 13.4. The normalized spacial score (nSPS) is 28.4. The van der Waals surface area contributed by atoms with Crippen LogP contribution in [0, 0.1) is 11.3 Å². The van der Waals surface area contributed by atoms with Crippen molar-refractivity contribution >= 4 is 11.8 Å². The van der Waals surface area contributed by atoms with E-state index in [-0.39, 0.29) is 23.8 Å². The van der Waals surface area contributed by atoms with Crippen LogP contribution in [0.5, 0.6) is 0 Å². The Morgan fingerprint density at radius 2 is 1.89 bits per heavy atom. The summed E-state index contributed by atoms with van der Waals surface area (Å²) in [5, 5.41) is 0. The molecule has 27 heavy (non-hydrogen) atoms. The van der Waals surface area contributed by atoms with Crippen LogP contribution < -0.4 is 0 Å². The van der Waals surface area contributed by atoms with Gasteiger partial charge < -0.3 is 9.80 Å². The van der Waals surface area contributed by atoms with Gasteiger partial charge in [-0.15, -0.1) is 0 Å².